The average molecular weight is 327 g/mol. The number of hydrogen-bond donors (Lipinski definition) is 2. The summed E-state index contributed by atoms with van der Waals surface area (Å²) in [5.74, 6) is -0.542. The van der Waals surface area contributed by atoms with Gasteiger partial charge >= 0.3 is 0 Å². The molecule has 0 saturated heterocycles. The molecule has 2 N–H and O–H groups in total. The second-order valence-electron chi connectivity index (χ2n) is 4.33. The van der Waals surface area contributed by atoms with E-state index in [0.29, 0.717) is 28.0 Å². The van der Waals surface area contributed by atoms with Crippen molar-refractivity contribution in [2.24, 2.45) is 0 Å². The highest BCUT2D eigenvalue weighted by Gasteiger charge is 2.05. The van der Waals surface area contributed by atoms with Crippen molar-refractivity contribution in [3.8, 4) is 0 Å². The van der Waals surface area contributed by atoms with Gasteiger partial charge in [0.05, 0.1) is 15.7 Å². The fraction of sp³-hybridized carbons (Fsp3) is 0.133. The van der Waals surface area contributed by atoms with Gasteiger partial charge in [0.1, 0.15) is 5.82 Å². The van der Waals surface area contributed by atoms with E-state index in [1.54, 1.807) is 36.4 Å². The minimum Gasteiger partial charge on any atom is -0.382 e. The Labute approximate surface area is 132 Å². The van der Waals surface area contributed by atoms with Gasteiger partial charge in [0.25, 0.3) is 0 Å². The van der Waals surface area contributed by atoms with Crippen molar-refractivity contribution >= 4 is 40.5 Å². The van der Waals surface area contributed by atoms with E-state index in [4.69, 9.17) is 23.2 Å². The zero-order valence-corrected chi connectivity index (χ0v) is 12.5. The van der Waals surface area contributed by atoms with Crippen molar-refractivity contribution in [2.45, 2.75) is 6.42 Å². The molecule has 0 spiro atoms. The third-order valence-electron chi connectivity index (χ3n) is 2.74. The molecule has 1 amide bonds. The van der Waals surface area contributed by atoms with Crippen molar-refractivity contribution in [3.05, 3.63) is 58.3 Å². The summed E-state index contributed by atoms with van der Waals surface area (Å²) in [6.07, 6.45) is 0.203. The van der Waals surface area contributed by atoms with Crippen molar-refractivity contribution in [1.82, 2.24) is 0 Å². The van der Waals surface area contributed by atoms with Crippen LogP contribution in [-0.2, 0) is 4.79 Å². The van der Waals surface area contributed by atoms with Crippen LogP contribution in [0.3, 0.4) is 0 Å². The summed E-state index contributed by atoms with van der Waals surface area (Å²) in [5.41, 5.74) is 0.945. The van der Waals surface area contributed by atoms with Gasteiger partial charge in [-0.25, -0.2) is 4.39 Å². The van der Waals surface area contributed by atoms with Gasteiger partial charge in [-0.3, -0.25) is 4.79 Å². The molecule has 0 heterocycles. The molecule has 0 aliphatic carbocycles. The minimum absolute atomic E-state index is 0.197. The molecule has 21 heavy (non-hydrogen) atoms. The zero-order chi connectivity index (χ0) is 15.2. The van der Waals surface area contributed by atoms with Crippen molar-refractivity contribution in [2.75, 3.05) is 17.2 Å². The number of para-hydroxylation sites is 1. The third kappa shape index (κ3) is 4.62. The number of anilines is 2. The first-order chi connectivity index (χ1) is 10.1. The smallest absolute Gasteiger partial charge is 0.226 e. The van der Waals surface area contributed by atoms with Gasteiger partial charge in [-0.2, -0.15) is 0 Å². The first kappa shape index (κ1) is 15.6. The highest BCUT2D eigenvalue weighted by molar-refractivity contribution is 6.42. The molecule has 0 bridgehead atoms. The molecular weight excluding hydrogens is 314 g/mol. The Bertz CT molecular complexity index is 649. The Morgan fingerprint density at radius 3 is 2.57 bits per heavy atom. The molecule has 0 atom stereocenters. The summed E-state index contributed by atoms with van der Waals surface area (Å²) in [4.78, 5) is 11.8. The molecule has 0 fully saturated rings. The lowest BCUT2D eigenvalue weighted by molar-refractivity contribution is -0.115. The number of benzene rings is 2. The molecule has 2 aromatic rings. The molecule has 3 nitrogen and oxygen atoms in total. The molecule has 0 aliphatic heterocycles. The fourth-order valence-corrected chi connectivity index (χ4v) is 2.01. The van der Waals surface area contributed by atoms with Gasteiger partial charge < -0.3 is 10.6 Å². The molecule has 6 heteroatoms. The number of halogens is 3. The Morgan fingerprint density at radius 1 is 1.10 bits per heavy atom. The molecule has 0 radical (unpaired) electrons. The van der Waals surface area contributed by atoms with E-state index in [-0.39, 0.29) is 18.1 Å². The van der Waals surface area contributed by atoms with E-state index in [9.17, 15) is 9.18 Å². The summed E-state index contributed by atoms with van der Waals surface area (Å²) in [6, 6.07) is 11.2. The Balaban J connectivity index is 1.82. The summed E-state index contributed by atoms with van der Waals surface area (Å²) >= 11 is 11.7. The normalized spacial score (nSPS) is 10.2. The van der Waals surface area contributed by atoms with Crippen LogP contribution in [0.25, 0.3) is 0 Å². The highest BCUT2D eigenvalue weighted by atomic mass is 35.5. The summed E-state index contributed by atoms with van der Waals surface area (Å²) < 4.78 is 13.4. The fourth-order valence-electron chi connectivity index (χ4n) is 1.71. The number of hydrogen-bond acceptors (Lipinski definition) is 2. The summed E-state index contributed by atoms with van der Waals surface area (Å²) in [6.45, 7) is 0.327. The average Bonchev–Trinajstić information content (AvgIpc) is 2.45. The zero-order valence-electron chi connectivity index (χ0n) is 11.0. The Kier molecular flexibility index (Phi) is 5.42. The maximum atomic E-state index is 13.4. The number of amides is 1. The van der Waals surface area contributed by atoms with E-state index in [2.05, 4.69) is 10.6 Å². The van der Waals surface area contributed by atoms with Crippen LogP contribution in [0.15, 0.2) is 42.5 Å². The lowest BCUT2D eigenvalue weighted by Gasteiger charge is -2.08. The second kappa shape index (κ2) is 7.29. The second-order valence-corrected chi connectivity index (χ2v) is 5.15. The van der Waals surface area contributed by atoms with Crippen LogP contribution in [0, 0.1) is 5.82 Å². The molecule has 110 valence electrons. The van der Waals surface area contributed by atoms with E-state index >= 15 is 0 Å². The van der Waals surface area contributed by atoms with Crippen LogP contribution in [-0.4, -0.2) is 12.5 Å². The number of carbonyl (C=O) groups is 1. The maximum absolute atomic E-state index is 13.4. The predicted molar refractivity (Wildman–Crippen MR) is 84.6 cm³/mol. The van der Waals surface area contributed by atoms with Gasteiger partial charge in [-0.1, -0.05) is 35.3 Å². The lowest BCUT2D eigenvalue weighted by atomic mass is 10.3. The van der Waals surface area contributed by atoms with Gasteiger partial charge in [-0.05, 0) is 30.3 Å². The lowest BCUT2D eigenvalue weighted by Crippen LogP contribution is -2.16. The number of rotatable bonds is 5. The Hall–Kier alpha value is -1.78. The van der Waals surface area contributed by atoms with Gasteiger partial charge in [0, 0.05) is 18.7 Å². The molecule has 2 aromatic carbocycles. The predicted octanol–water partition coefficient (Wildman–Crippen LogP) is 4.57. The maximum Gasteiger partial charge on any atom is 0.226 e. The van der Waals surface area contributed by atoms with Crippen molar-refractivity contribution in [1.29, 1.82) is 0 Å². The molecule has 2 rings (SSSR count). The summed E-state index contributed by atoms with van der Waals surface area (Å²) in [5, 5.41) is 6.36. The quantitative estimate of drug-likeness (QED) is 0.844. The summed E-state index contributed by atoms with van der Waals surface area (Å²) in [7, 11) is 0. The van der Waals surface area contributed by atoms with E-state index < -0.39 is 0 Å². The minimum atomic E-state index is -0.345. The van der Waals surface area contributed by atoms with Gasteiger partial charge in [0.2, 0.25) is 5.91 Å². The van der Waals surface area contributed by atoms with Gasteiger partial charge in [0.15, 0.2) is 0 Å². The number of carbonyl (C=O) groups excluding carboxylic acids is 1. The standard InChI is InChI=1S/C15H13Cl2FN2O/c16-11-6-5-10(9-12(11)17)20-15(21)7-8-19-14-4-2-1-3-13(14)18/h1-6,9,19H,7-8H2,(H,20,21). The SMILES string of the molecule is O=C(CCNc1ccccc1F)Nc1ccc(Cl)c(Cl)c1. The molecule has 0 unspecified atom stereocenters. The molecule has 0 aliphatic rings. The largest absolute Gasteiger partial charge is 0.382 e. The highest BCUT2D eigenvalue weighted by Crippen LogP contribution is 2.25. The van der Waals surface area contributed by atoms with Crippen molar-refractivity contribution in [3.63, 3.8) is 0 Å². The van der Waals surface area contributed by atoms with Crippen LogP contribution < -0.4 is 10.6 Å². The first-order valence-corrected chi connectivity index (χ1v) is 7.05. The monoisotopic (exact) mass is 326 g/mol. The first-order valence-electron chi connectivity index (χ1n) is 6.29. The van der Waals surface area contributed by atoms with E-state index in [1.807, 2.05) is 0 Å². The number of nitrogens with one attached hydrogen (secondary N) is 2. The van der Waals surface area contributed by atoms with Crippen LogP contribution in [0.2, 0.25) is 10.0 Å². The molecular formula is C15H13Cl2FN2O. The van der Waals surface area contributed by atoms with Crippen LogP contribution in [0.4, 0.5) is 15.8 Å². The van der Waals surface area contributed by atoms with Crippen LogP contribution in [0.1, 0.15) is 6.42 Å². The van der Waals surface area contributed by atoms with Gasteiger partial charge in [-0.15, -0.1) is 0 Å². The van der Waals surface area contributed by atoms with Crippen LogP contribution >= 0.6 is 23.2 Å². The Morgan fingerprint density at radius 2 is 1.86 bits per heavy atom. The van der Waals surface area contributed by atoms with E-state index in [1.165, 1.54) is 6.07 Å². The van der Waals surface area contributed by atoms with Crippen LogP contribution in [0.5, 0.6) is 0 Å². The molecule has 0 aromatic heterocycles. The van der Waals surface area contributed by atoms with E-state index in [0.717, 1.165) is 0 Å². The third-order valence-corrected chi connectivity index (χ3v) is 3.48. The topological polar surface area (TPSA) is 41.1 Å². The van der Waals surface area contributed by atoms with Crippen molar-refractivity contribution < 1.29 is 9.18 Å². The molecule has 0 saturated carbocycles.